The van der Waals surface area contributed by atoms with E-state index in [1.165, 1.54) is 0 Å². The Bertz CT molecular complexity index is 1820. The largest absolute Gasteiger partial charge is 0.458 e. The van der Waals surface area contributed by atoms with Crippen LogP contribution in [0.15, 0.2) is 33.3 Å². The highest BCUT2D eigenvalue weighted by atomic mass is 16.5. The van der Waals surface area contributed by atoms with Crippen LogP contribution in [0.5, 0.6) is 0 Å². The van der Waals surface area contributed by atoms with Gasteiger partial charge in [-0.25, -0.2) is 9.59 Å². The number of hydrogen-bond acceptors (Lipinski definition) is 12. The Kier molecular flexibility index (Phi) is 10.5. The highest BCUT2D eigenvalue weighted by Gasteiger charge is 2.73. The van der Waals surface area contributed by atoms with Crippen LogP contribution in [-0.4, -0.2) is 116 Å². The van der Waals surface area contributed by atoms with Gasteiger partial charge in [0.2, 0.25) is 0 Å². The fraction of sp³-hybridized carbons (Fsp3) is 0.840. The van der Waals surface area contributed by atoms with E-state index in [4.69, 9.17) is 19.5 Å². The quantitative estimate of drug-likeness (QED) is 0.100. The van der Waals surface area contributed by atoms with Gasteiger partial charge in [-0.1, -0.05) is 13.8 Å². The summed E-state index contributed by atoms with van der Waals surface area (Å²) in [6.07, 6.45) is 19.6. The van der Waals surface area contributed by atoms with E-state index in [2.05, 4.69) is 13.8 Å². The van der Waals surface area contributed by atoms with Crippen molar-refractivity contribution in [2.45, 2.75) is 177 Å². The molecule has 0 aromatic rings. The van der Waals surface area contributed by atoms with E-state index < -0.39 is 45.4 Å². The van der Waals surface area contributed by atoms with Gasteiger partial charge in [0.15, 0.2) is 0 Å². The third-order valence-corrected chi connectivity index (χ3v) is 20.7. The first-order valence-electron chi connectivity index (χ1n) is 24.5. The SMILES string of the molecule is C[C@]12CC[C@H]3[C@@H](CC[C@]4(O)C[C@@H](O)CC[C@]34C=NCCCCN=C[C@]34CC[C@H](O)C[C@@]3(O)CC[C@@H]3[C@@H]4CC[C@]4(C)[C@@H](C5=CC(=O)OC5)CC[C@]34O)[C@@]1(O)CC[C@@H]2C1=CC(=O)OC1. The Morgan fingerprint density at radius 1 is 0.565 bits per heavy atom. The number of esters is 2. The first-order valence-corrected chi connectivity index (χ1v) is 24.5. The number of ether oxygens (including phenoxy) is 2. The molecule has 12 heteroatoms. The van der Waals surface area contributed by atoms with Crippen LogP contribution in [0.4, 0.5) is 0 Å². The zero-order valence-electron chi connectivity index (χ0n) is 37.1. The van der Waals surface area contributed by atoms with Crippen LogP contribution in [0.25, 0.3) is 0 Å². The van der Waals surface area contributed by atoms with E-state index >= 15 is 0 Å². The van der Waals surface area contributed by atoms with Gasteiger partial charge in [-0.3, -0.25) is 9.98 Å². The molecule has 0 amide bonds. The third kappa shape index (κ3) is 6.03. The lowest BCUT2D eigenvalue weighted by atomic mass is 9.41. The molecule has 12 nitrogen and oxygen atoms in total. The molecule has 342 valence electrons. The number of carbonyl (C=O) groups excluding carboxylic acids is 2. The van der Waals surface area contributed by atoms with Crippen molar-refractivity contribution >= 4 is 24.4 Å². The smallest absolute Gasteiger partial charge is 0.331 e. The minimum Gasteiger partial charge on any atom is -0.458 e. The van der Waals surface area contributed by atoms with Crippen molar-refractivity contribution in [3.05, 3.63) is 23.3 Å². The first kappa shape index (κ1) is 43.4. The molecule has 0 radical (unpaired) electrons. The molecule has 62 heavy (non-hydrogen) atoms. The maximum Gasteiger partial charge on any atom is 0.331 e. The van der Waals surface area contributed by atoms with Crippen LogP contribution in [0, 0.1) is 57.2 Å². The maximum atomic E-state index is 12.8. The normalized spacial score (nSPS) is 52.1. The van der Waals surface area contributed by atoms with Crippen LogP contribution >= 0.6 is 0 Å². The van der Waals surface area contributed by atoms with Gasteiger partial charge < -0.3 is 40.1 Å². The molecule has 8 fully saturated rings. The molecule has 10 aliphatic rings. The Hall–Kier alpha value is -2.48. The van der Waals surface area contributed by atoms with Gasteiger partial charge in [0.05, 0.1) is 34.6 Å². The van der Waals surface area contributed by atoms with Crippen LogP contribution in [0.1, 0.15) is 142 Å². The number of fused-ring (bicyclic) bond motifs is 10. The summed E-state index contributed by atoms with van der Waals surface area (Å²) in [5, 5.41) is 72.2. The Labute approximate surface area is 366 Å². The van der Waals surface area contributed by atoms with Gasteiger partial charge in [-0.2, -0.15) is 0 Å². The van der Waals surface area contributed by atoms with Crippen LogP contribution in [0.2, 0.25) is 0 Å². The van der Waals surface area contributed by atoms with Crippen molar-refractivity contribution in [3.8, 4) is 0 Å². The van der Waals surface area contributed by atoms with Crippen LogP contribution in [-0.2, 0) is 19.1 Å². The van der Waals surface area contributed by atoms with E-state index in [1.54, 1.807) is 12.2 Å². The predicted molar refractivity (Wildman–Crippen MR) is 231 cm³/mol. The number of carbonyl (C=O) groups is 2. The van der Waals surface area contributed by atoms with E-state index in [0.717, 1.165) is 62.5 Å². The fourth-order valence-corrected chi connectivity index (χ4v) is 17.6. The number of cyclic esters (lactones) is 2. The van der Waals surface area contributed by atoms with Gasteiger partial charge in [0.1, 0.15) is 13.2 Å². The van der Waals surface area contributed by atoms with Gasteiger partial charge >= 0.3 is 11.9 Å². The van der Waals surface area contributed by atoms with Gasteiger partial charge in [0, 0.05) is 72.2 Å². The van der Waals surface area contributed by atoms with Crippen LogP contribution in [0.3, 0.4) is 0 Å². The molecule has 0 aromatic heterocycles. The van der Waals surface area contributed by atoms with E-state index in [1.807, 2.05) is 12.4 Å². The third-order valence-electron chi connectivity index (χ3n) is 20.7. The van der Waals surface area contributed by atoms with Crippen molar-refractivity contribution in [2.24, 2.45) is 67.2 Å². The zero-order valence-corrected chi connectivity index (χ0v) is 37.1. The topological polar surface area (TPSA) is 199 Å². The van der Waals surface area contributed by atoms with E-state index in [-0.39, 0.29) is 58.3 Å². The number of rotatable bonds is 9. The summed E-state index contributed by atoms with van der Waals surface area (Å²) >= 11 is 0. The number of aliphatic hydroxyl groups excluding tert-OH is 2. The fourth-order valence-electron chi connectivity index (χ4n) is 17.6. The Balaban J connectivity index is 0.829. The molecule has 8 aliphatic carbocycles. The zero-order chi connectivity index (χ0) is 43.6. The van der Waals surface area contributed by atoms with E-state index in [9.17, 15) is 40.2 Å². The molecule has 0 saturated heterocycles. The summed E-state index contributed by atoms with van der Waals surface area (Å²) in [6.45, 7) is 6.18. The second-order valence-corrected chi connectivity index (χ2v) is 22.8. The molecule has 2 heterocycles. The molecule has 0 aromatic carbocycles. The van der Waals surface area contributed by atoms with Crippen molar-refractivity contribution in [1.82, 2.24) is 0 Å². The Morgan fingerprint density at radius 2 is 0.968 bits per heavy atom. The molecule has 6 N–H and O–H groups in total. The average molecular weight is 861 g/mol. The summed E-state index contributed by atoms with van der Waals surface area (Å²) in [6, 6.07) is 0. The molecule has 0 bridgehead atoms. The van der Waals surface area contributed by atoms with Crippen LogP contribution < -0.4 is 0 Å². The Morgan fingerprint density at radius 3 is 1.35 bits per heavy atom. The van der Waals surface area contributed by atoms with Gasteiger partial charge in [-0.05, 0) is 162 Å². The number of nitrogens with zero attached hydrogens (tertiary/aromatic N) is 2. The minimum absolute atomic E-state index is 0.0156. The lowest BCUT2D eigenvalue weighted by molar-refractivity contribution is -0.237. The lowest BCUT2D eigenvalue weighted by Crippen LogP contribution is -2.68. The van der Waals surface area contributed by atoms with Crippen molar-refractivity contribution in [2.75, 3.05) is 26.3 Å². The summed E-state index contributed by atoms with van der Waals surface area (Å²) in [7, 11) is 0. The second-order valence-electron chi connectivity index (χ2n) is 22.8. The average Bonchev–Trinajstić information content (AvgIpc) is 3.98. The lowest BCUT2D eigenvalue weighted by Gasteiger charge is -2.65. The summed E-state index contributed by atoms with van der Waals surface area (Å²) in [5.41, 5.74) is -4.09. The monoisotopic (exact) mass is 861 g/mol. The number of aliphatic imine (C=N–C) groups is 2. The second kappa shape index (κ2) is 15.0. The molecular weight excluding hydrogens is 789 g/mol. The first-order chi connectivity index (χ1) is 29.5. The van der Waals surface area contributed by atoms with E-state index in [0.29, 0.717) is 103 Å². The number of unbranched alkanes of at least 4 members (excludes halogenated alkanes) is 1. The standard InChI is InChI=1S/C50H72N2O10/c1-43-13-7-37-39(49(43,59)19-11-35(43)31-23-41(55)61-27-31)9-17-47(57)25-33(53)5-15-45(37,47)29-51-21-3-4-22-52-30-46-16-6-34(54)26-48(46,58)18-10-40-38(46)8-14-44(2)36(12-20-50(40,44)60)32-24-42(56)62-28-32/h23-24,29-30,33-40,53-54,57-60H,3-22,25-28H2,1-2H3/t33-,34-,35+,36+,37-,38-,39+,40+,43+,44+,45-,46-,47-,48-,49-,50-/m0/s1. The van der Waals surface area contributed by atoms with Crippen molar-refractivity contribution in [1.29, 1.82) is 0 Å². The molecule has 16 atom stereocenters. The van der Waals surface area contributed by atoms with Gasteiger partial charge in [0.25, 0.3) is 0 Å². The molecular formula is C50H72N2O10. The summed E-state index contributed by atoms with van der Waals surface area (Å²) < 4.78 is 10.6. The maximum absolute atomic E-state index is 12.8. The molecule has 10 rings (SSSR count). The number of aliphatic hydroxyl groups is 6. The molecule has 2 aliphatic heterocycles. The molecule has 0 spiro atoms. The highest BCUT2D eigenvalue weighted by molar-refractivity contribution is 5.86. The predicted octanol–water partition coefficient (Wildman–Crippen LogP) is 5.33. The summed E-state index contributed by atoms with van der Waals surface area (Å²) in [4.78, 5) is 34.2. The number of hydrogen-bond donors (Lipinski definition) is 6. The summed E-state index contributed by atoms with van der Waals surface area (Å²) in [5.74, 6) is -0.373. The van der Waals surface area contributed by atoms with Gasteiger partial charge in [-0.15, -0.1) is 0 Å². The van der Waals surface area contributed by atoms with Crippen molar-refractivity contribution in [3.63, 3.8) is 0 Å². The highest BCUT2D eigenvalue weighted by Crippen LogP contribution is 2.72. The minimum atomic E-state index is -1.10. The van der Waals surface area contributed by atoms with Crippen molar-refractivity contribution < 1.29 is 49.7 Å². The molecule has 0 unspecified atom stereocenters. The molecule has 8 saturated carbocycles.